The zero-order chi connectivity index (χ0) is 12.7. The molecule has 0 radical (unpaired) electrons. The predicted molar refractivity (Wildman–Crippen MR) is 66.0 cm³/mol. The van der Waals surface area contributed by atoms with Crippen LogP contribution in [0.15, 0.2) is 24.3 Å². The van der Waals surface area contributed by atoms with Gasteiger partial charge >= 0.3 is 0 Å². The lowest BCUT2D eigenvalue weighted by atomic mass is 10.1. The molecule has 1 aromatic rings. The second-order valence-electron chi connectivity index (χ2n) is 4.01. The third-order valence-electron chi connectivity index (χ3n) is 2.69. The van der Waals surface area contributed by atoms with Gasteiger partial charge < -0.3 is 10.6 Å². The summed E-state index contributed by atoms with van der Waals surface area (Å²) >= 11 is 0. The SMILES string of the molecule is CCC(CNC)C(=O)NCc1ccc(F)cc1. The zero-order valence-corrected chi connectivity index (χ0v) is 10.3. The third kappa shape index (κ3) is 4.53. The van der Waals surface area contributed by atoms with Crippen molar-refractivity contribution in [2.24, 2.45) is 5.92 Å². The van der Waals surface area contributed by atoms with Gasteiger partial charge in [-0.05, 0) is 31.2 Å². The van der Waals surface area contributed by atoms with Crippen LogP contribution in [0.1, 0.15) is 18.9 Å². The smallest absolute Gasteiger partial charge is 0.224 e. The lowest BCUT2D eigenvalue weighted by Crippen LogP contribution is -2.35. The van der Waals surface area contributed by atoms with Crippen molar-refractivity contribution >= 4 is 5.91 Å². The topological polar surface area (TPSA) is 41.1 Å². The standard InChI is InChI=1S/C13H19FN2O/c1-3-11(9-15-2)13(17)16-8-10-4-6-12(14)7-5-10/h4-7,11,15H,3,8-9H2,1-2H3,(H,16,17). The van der Waals surface area contributed by atoms with E-state index in [1.807, 2.05) is 14.0 Å². The molecule has 0 saturated carbocycles. The fourth-order valence-electron chi connectivity index (χ4n) is 1.60. The second-order valence-corrected chi connectivity index (χ2v) is 4.01. The Morgan fingerprint density at radius 2 is 2.00 bits per heavy atom. The minimum absolute atomic E-state index is 0.0135. The maximum Gasteiger partial charge on any atom is 0.224 e. The summed E-state index contributed by atoms with van der Waals surface area (Å²) in [7, 11) is 1.83. The highest BCUT2D eigenvalue weighted by molar-refractivity contribution is 5.78. The maximum absolute atomic E-state index is 12.7. The number of carbonyl (C=O) groups is 1. The minimum atomic E-state index is -0.262. The van der Waals surface area contributed by atoms with Crippen molar-refractivity contribution in [1.29, 1.82) is 0 Å². The van der Waals surface area contributed by atoms with Crippen molar-refractivity contribution in [3.63, 3.8) is 0 Å². The molecule has 0 heterocycles. The summed E-state index contributed by atoms with van der Waals surface area (Å²) in [5, 5.41) is 5.85. The molecule has 2 N–H and O–H groups in total. The Morgan fingerprint density at radius 3 is 2.53 bits per heavy atom. The van der Waals surface area contributed by atoms with Crippen LogP contribution in [0.25, 0.3) is 0 Å². The highest BCUT2D eigenvalue weighted by Gasteiger charge is 2.14. The van der Waals surface area contributed by atoms with Gasteiger partial charge in [-0.2, -0.15) is 0 Å². The number of hydrogen-bond acceptors (Lipinski definition) is 2. The summed E-state index contributed by atoms with van der Waals surface area (Å²) in [6, 6.07) is 6.14. The van der Waals surface area contributed by atoms with E-state index in [1.54, 1.807) is 12.1 Å². The molecule has 0 spiro atoms. The van der Waals surface area contributed by atoms with E-state index in [2.05, 4.69) is 10.6 Å². The van der Waals surface area contributed by atoms with Crippen LogP contribution in [-0.4, -0.2) is 19.5 Å². The van der Waals surface area contributed by atoms with Gasteiger partial charge in [-0.15, -0.1) is 0 Å². The number of amides is 1. The molecule has 0 aliphatic carbocycles. The Bertz CT molecular complexity index is 351. The summed E-state index contributed by atoms with van der Waals surface area (Å²) < 4.78 is 12.7. The summed E-state index contributed by atoms with van der Waals surface area (Å²) in [5.74, 6) is -0.242. The molecule has 3 nitrogen and oxygen atoms in total. The van der Waals surface area contributed by atoms with Gasteiger partial charge in [0, 0.05) is 13.1 Å². The average Bonchev–Trinajstić information content (AvgIpc) is 2.35. The van der Waals surface area contributed by atoms with Crippen molar-refractivity contribution in [3.05, 3.63) is 35.6 Å². The monoisotopic (exact) mass is 238 g/mol. The van der Waals surface area contributed by atoms with Gasteiger partial charge in [-0.3, -0.25) is 4.79 Å². The Kier molecular flexibility index (Phi) is 5.63. The molecule has 0 aromatic heterocycles. The number of hydrogen-bond donors (Lipinski definition) is 2. The van der Waals surface area contributed by atoms with Crippen LogP contribution in [0, 0.1) is 11.7 Å². The fourth-order valence-corrected chi connectivity index (χ4v) is 1.60. The Labute approximate surface area is 101 Å². The quantitative estimate of drug-likeness (QED) is 0.792. The lowest BCUT2D eigenvalue weighted by Gasteiger charge is -2.14. The maximum atomic E-state index is 12.7. The van der Waals surface area contributed by atoms with E-state index >= 15 is 0 Å². The summed E-state index contributed by atoms with van der Waals surface area (Å²) in [5.41, 5.74) is 0.902. The van der Waals surface area contributed by atoms with E-state index in [9.17, 15) is 9.18 Å². The summed E-state index contributed by atoms with van der Waals surface area (Å²) in [4.78, 5) is 11.8. The molecule has 0 fully saturated rings. The number of carbonyl (C=O) groups excluding carboxylic acids is 1. The first kappa shape index (κ1) is 13.6. The molecule has 94 valence electrons. The van der Waals surface area contributed by atoms with E-state index in [0.717, 1.165) is 12.0 Å². The Hall–Kier alpha value is -1.42. The van der Waals surface area contributed by atoms with Crippen LogP contribution >= 0.6 is 0 Å². The van der Waals surface area contributed by atoms with Crippen LogP contribution in [0.4, 0.5) is 4.39 Å². The van der Waals surface area contributed by atoms with Crippen molar-refractivity contribution < 1.29 is 9.18 Å². The van der Waals surface area contributed by atoms with Crippen molar-refractivity contribution in [2.75, 3.05) is 13.6 Å². The molecule has 1 rings (SSSR count). The molecule has 17 heavy (non-hydrogen) atoms. The van der Waals surface area contributed by atoms with Gasteiger partial charge in [0.1, 0.15) is 5.82 Å². The van der Waals surface area contributed by atoms with Crippen LogP contribution in [0.2, 0.25) is 0 Å². The first-order valence-electron chi connectivity index (χ1n) is 5.84. The molecule has 1 aromatic carbocycles. The van der Waals surface area contributed by atoms with Crippen LogP contribution in [0.5, 0.6) is 0 Å². The molecular formula is C13H19FN2O. The second kappa shape index (κ2) is 7.01. The van der Waals surface area contributed by atoms with Gasteiger partial charge in [-0.25, -0.2) is 4.39 Å². The van der Waals surface area contributed by atoms with Gasteiger partial charge in [0.25, 0.3) is 0 Å². The Morgan fingerprint density at radius 1 is 1.35 bits per heavy atom. The lowest BCUT2D eigenvalue weighted by molar-refractivity contribution is -0.125. The summed E-state index contributed by atoms with van der Waals surface area (Å²) in [6.07, 6.45) is 0.802. The van der Waals surface area contributed by atoms with Crippen LogP contribution < -0.4 is 10.6 Å². The molecule has 1 amide bonds. The minimum Gasteiger partial charge on any atom is -0.352 e. The van der Waals surface area contributed by atoms with E-state index < -0.39 is 0 Å². The summed E-state index contributed by atoms with van der Waals surface area (Å²) in [6.45, 7) is 3.10. The number of rotatable bonds is 6. The van der Waals surface area contributed by atoms with E-state index in [0.29, 0.717) is 13.1 Å². The molecule has 0 bridgehead atoms. The Balaban J connectivity index is 2.44. The van der Waals surface area contributed by atoms with Gasteiger partial charge in [0.15, 0.2) is 0 Å². The first-order valence-corrected chi connectivity index (χ1v) is 5.84. The molecule has 0 saturated heterocycles. The molecule has 0 aliphatic heterocycles. The van der Waals surface area contributed by atoms with E-state index in [4.69, 9.17) is 0 Å². The highest BCUT2D eigenvalue weighted by atomic mass is 19.1. The van der Waals surface area contributed by atoms with Crippen molar-refractivity contribution in [1.82, 2.24) is 10.6 Å². The normalized spacial score (nSPS) is 12.2. The van der Waals surface area contributed by atoms with Gasteiger partial charge in [0.2, 0.25) is 5.91 Å². The largest absolute Gasteiger partial charge is 0.352 e. The van der Waals surface area contributed by atoms with Crippen LogP contribution in [0.3, 0.4) is 0 Å². The molecule has 1 unspecified atom stereocenters. The molecule has 1 atom stereocenters. The average molecular weight is 238 g/mol. The van der Waals surface area contributed by atoms with E-state index in [-0.39, 0.29) is 17.6 Å². The molecule has 4 heteroatoms. The first-order chi connectivity index (χ1) is 8.17. The number of halogens is 1. The van der Waals surface area contributed by atoms with Gasteiger partial charge in [0.05, 0.1) is 5.92 Å². The van der Waals surface area contributed by atoms with Crippen LogP contribution in [-0.2, 0) is 11.3 Å². The zero-order valence-electron chi connectivity index (χ0n) is 10.3. The van der Waals surface area contributed by atoms with Crippen molar-refractivity contribution in [2.45, 2.75) is 19.9 Å². The van der Waals surface area contributed by atoms with E-state index in [1.165, 1.54) is 12.1 Å². The van der Waals surface area contributed by atoms with Crippen molar-refractivity contribution in [3.8, 4) is 0 Å². The highest BCUT2D eigenvalue weighted by Crippen LogP contribution is 2.04. The predicted octanol–water partition coefficient (Wildman–Crippen LogP) is 1.69. The third-order valence-corrected chi connectivity index (χ3v) is 2.69. The molecular weight excluding hydrogens is 219 g/mol. The fraction of sp³-hybridized carbons (Fsp3) is 0.462. The van der Waals surface area contributed by atoms with Gasteiger partial charge in [-0.1, -0.05) is 19.1 Å². The number of benzene rings is 1. The number of nitrogens with one attached hydrogen (secondary N) is 2. The molecule has 0 aliphatic rings.